The highest BCUT2D eigenvalue weighted by atomic mass is 32.2. The second-order valence-electron chi connectivity index (χ2n) is 4.30. The number of rotatable bonds is 3. The van der Waals surface area contributed by atoms with Gasteiger partial charge in [0, 0.05) is 18.8 Å². The van der Waals surface area contributed by atoms with Gasteiger partial charge < -0.3 is 0 Å². The van der Waals surface area contributed by atoms with Crippen LogP contribution >= 0.6 is 0 Å². The van der Waals surface area contributed by atoms with E-state index in [0.29, 0.717) is 5.56 Å². The van der Waals surface area contributed by atoms with Crippen molar-refractivity contribution in [2.75, 3.05) is 0 Å². The molecule has 7 nitrogen and oxygen atoms in total. The highest BCUT2D eigenvalue weighted by Gasteiger charge is 2.21. The van der Waals surface area contributed by atoms with Crippen molar-refractivity contribution in [3.63, 3.8) is 0 Å². The second-order valence-corrected chi connectivity index (χ2v) is 6.10. The molecule has 0 saturated heterocycles. The minimum Gasteiger partial charge on any atom is -0.274 e. The maximum atomic E-state index is 12.9. The molecule has 3 aromatic rings. The van der Waals surface area contributed by atoms with Crippen molar-refractivity contribution in [1.29, 1.82) is 0 Å². The van der Waals surface area contributed by atoms with Gasteiger partial charge in [-0.2, -0.15) is 13.5 Å². The van der Waals surface area contributed by atoms with Crippen LogP contribution in [0.4, 0.5) is 4.39 Å². The zero-order valence-electron chi connectivity index (χ0n) is 10.9. The molecule has 0 bridgehead atoms. The topological polar surface area (TPSA) is 82.7 Å². The summed E-state index contributed by atoms with van der Waals surface area (Å²) in [6.07, 6.45) is 3.70. The van der Waals surface area contributed by atoms with Gasteiger partial charge in [0.1, 0.15) is 17.0 Å². The second kappa shape index (κ2) is 4.77. The molecule has 0 amide bonds. The Kier molecular flexibility index (Phi) is 3.05. The molecular formula is C12H10FN5O2S. The van der Waals surface area contributed by atoms with Crippen LogP contribution in [0.25, 0.3) is 11.4 Å². The predicted molar refractivity (Wildman–Crippen MR) is 71.2 cm³/mol. The van der Waals surface area contributed by atoms with E-state index in [1.54, 1.807) is 7.05 Å². The standard InChI is InChI=1S/C12H10FN5O2S/c1-17-7-11(6-15-17)21(19,20)18-8-14-12(16-18)9-2-4-10(13)5-3-9/h2-8H,1H3. The number of halogens is 1. The van der Waals surface area contributed by atoms with Crippen molar-refractivity contribution < 1.29 is 12.8 Å². The van der Waals surface area contributed by atoms with Gasteiger partial charge in [0.2, 0.25) is 0 Å². The Bertz CT molecular complexity index is 883. The van der Waals surface area contributed by atoms with Crippen molar-refractivity contribution in [1.82, 2.24) is 24.0 Å². The summed E-state index contributed by atoms with van der Waals surface area (Å²) in [4.78, 5) is 3.95. The largest absolute Gasteiger partial charge is 0.287 e. The van der Waals surface area contributed by atoms with E-state index >= 15 is 0 Å². The van der Waals surface area contributed by atoms with Crippen LogP contribution < -0.4 is 0 Å². The number of nitrogens with zero attached hydrogens (tertiary/aromatic N) is 5. The lowest BCUT2D eigenvalue weighted by atomic mass is 10.2. The summed E-state index contributed by atoms with van der Waals surface area (Å²) in [5.41, 5.74) is 0.525. The average molecular weight is 307 g/mol. The van der Waals surface area contributed by atoms with Gasteiger partial charge in [-0.15, -0.1) is 9.19 Å². The number of aryl methyl sites for hydroxylation is 1. The summed E-state index contributed by atoms with van der Waals surface area (Å²) in [6.45, 7) is 0. The fourth-order valence-electron chi connectivity index (χ4n) is 1.74. The van der Waals surface area contributed by atoms with Crippen molar-refractivity contribution in [3.8, 4) is 11.4 Å². The molecule has 0 atom stereocenters. The fraction of sp³-hybridized carbons (Fsp3) is 0.0833. The van der Waals surface area contributed by atoms with Crippen LogP contribution in [-0.4, -0.2) is 32.4 Å². The number of hydrogen-bond acceptors (Lipinski definition) is 5. The SMILES string of the molecule is Cn1cc(S(=O)(=O)n2cnc(-c3ccc(F)cc3)n2)cn1. The monoisotopic (exact) mass is 307 g/mol. The average Bonchev–Trinajstić information content (AvgIpc) is 3.09. The molecule has 0 spiro atoms. The third-order valence-corrected chi connectivity index (χ3v) is 4.27. The van der Waals surface area contributed by atoms with Gasteiger partial charge in [-0.3, -0.25) is 4.68 Å². The summed E-state index contributed by atoms with van der Waals surface area (Å²) >= 11 is 0. The Morgan fingerprint density at radius 2 is 1.90 bits per heavy atom. The van der Waals surface area contributed by atoms with Crippen molar-refractivity contribution in [3.05, 3.63) is 48.8 Å². The predicted octanol–water partition coefficient (Wildman–Crippen LogP) is 1.05. The molecular weight excluding hydrogens is 297 g/mol. The van der Waals surface area contributed by atoms with Gasteiger partial charge in [-0.1, -0.05) is 0 Å². The van der Waals surface area contributed by atoms with Gasteiger partial charge in [0.05, 0.1) is 6.20 Å². The molecule has 108 valence electrons. The Morgan fingerprint density at radius 3 is 2.52 bits per heavy atom. The van der Waals surface area contributed by atoms with Crippen LogP contribution in [-0.2, 0) is 17.1 Å². The van der Waals surface area contributed by atoms with Crippen LogP contribution in [0, 0.1) is 5.82 Å². The molecule has 2 heterocycles. The Hall–Kier alpha value is -2.55. The summed E-state index contributed by atoms with van der Waals surface area (Å²) in [5, 5.41) is 7.74. The van der Waals surface area contributed by atoms with E-state index in [1.165, 1.54) is 41.3 Å². The molecule has 0 fully saturated rings. The zero-order chi connectivity index (χ0) is 15.0. The third-order valence-electron chi connectivity index (χ3n) is 2.80. The van der Waals surface area contributed by atoms with Crippen molar-refractivity contribution in [2.24, 2.45) is 7.05 Å². The third kappa shape index (κ3) is 2.42. The highest BCUT2D eigenvalue weighted by Crippen LogP contribution is 2.17. The van der Waals surface area contributed by atoms with Crippen molar-refractivity contribution >= 4 is 10.0 Å². The van der Waals surface area contributed by atoms with E-state index in [1.807, 2.05) is 0 Å². The molecule has 1 aromatic carbocycles. The normalized spacial score (nSPS) is 11.7. The first-order valence-corrected chi connectivity index (χ1v) is 7.33. The van der Waals surface area contributed by atoms with Gasteiger partial charge in [-0.05, 0) is 24.3 Å². The van der Waals surface area contributed by atoms with Gasteiger partial charge >= 0.3 is 0 Å². The molecule has 0 aliphatic heterocycles. The Balaban J connectivity index is 2.00. The molecule has 3 rings (SSSR count). The summed E-state index contributed by atoms with van der Waals surface area (Å²) in [7, 11) is -2.21. The smallest absolute Gasteiger partial charge is 0.274 e. The van der Waals surface area contributed by atoms with E-state index in [4.69, 9.17) is 0 Å². The van der Waals surface area contributed by atoms with Crippen molar-refractivity contribution in [2.45, 2.75) is 4.90 Å². The first-order chi connectivity index (χ1) is 9.96. The molecule has 0 aliphatic carbocycles. The minimum atomic E-state index is -3.83. The molecule has 0 saturated carbocycles. The first-order valence-electron chi connectivity index (χ1n) is 5.88. The molecule has 0 aliphatic rings. The Labute approximate surface area is 119 Å². The molecule has 9 heteroatoms. The fourth-order valence-corrected chi connectivity index (χ4v) is 2.77. The molecule has 0 N–H and O–H groups in total. The summed E-state index contributed by atoms with van der Waals surface area (Å²) < 4.78 is 39.6. The van der Waals surface area contributed by atoms with Gasteiger partial charge in [-0.25, -0.2) is 9.37 Å². The molecule has 2 aromatic heterocycles. The molecule has 21 heavy (non-hydrogen) atoms. The van der Waals surface area contributed by atoms with Crippen LogP contribution in [0.15, 0.2) is 47.9 Å². The molecule has 0 unspecified atom stereocenters. The zero-order valence-corrected chi connectivity index (χ0v) is 11.7. The Morgan fingerprint density at radius 1 is 1.19 bits per heavy atom. The van der Waals surface area contributed by atoms with E-state index in [2.05, 4.69) is 15.2 Å². The quantitative estimate of drug-likeness (QED) is 0.722. The van der Waals surface area contributed by atoms with Gasteiger partial charge in [0.15, 0.2) is 5.82 Å². The van der Waals surface area contributed by atoms with Crippen LogP contribution in [0.5, 0.6) is 0 Å². The maximum absolute atomic E-state index is 12.9. The van der Waals surface area contributed by atoms with E-state index in [-0.39, 0.29) is 16.5 Å². The summed E-state index contributed by atoms with van der Waals surface area (Å²) in [5.74, 6) is -0.191. The lowest BCUT2D eigenvalue weighted by molar-refractivity contribution is 0.580. The lowest BCUT2D eigenvalue weighted by Gasteiger charge is -1.99. The van der Waals surface area contributed by atoms with Crippen LogP contribution in [0.1, 0.15) is 0 Å². The van der Waals surface area contributed by atoms with Gasteiger partial charge in [0.25, 0.3) is 10.0 Å². The van der Waals surface area contributed by atoms with Crippen LogP contribution in [0.3, 0.4) is 0 Å². The number of hydrogen-bond donors (Lipinski definition) is 0. The number of benzene rings is 1. The molecule has 0 radical (unpaired) electrons. The lowest BCUT2D eigenvalue weighted by Crippen LogP contribution is -2.13. The first kappa shape index (κ1) is 13.4. The number of aromatic nitrogens is 5. The van der Waals surface area contributed by atoms with Crippen LogP contribution in [0.2, 0.25) is 0 Å². The minimum absolute atomic E-state index is 0.0144. The van der Waals surface area contributed by atoms with E-state index < -0.39 is 10.0 Å². The maximum Gasteiger partial charge on any atom is 0.287 e. The van der Waals surface area contributed by atoms with E-state index in [0.717, 1.165) is 10.4 Å². The van der Waals surface area contributed by atoms with E-state index in [9.17, 15) is 12.8 Å². The summed E-state index contributed by atoms with van der Waals surface area (Å²) in [6, 6.07) is 5.47. The highest BCUT2D eigenvalue weighted by molar-refractivity contribution is 7.89.